The Labute approximate surface area is 124 Å². The van der Waals surface area contributed by atoms with Gasteiger partial charge in [0.05, 0.1) is 10.5 Å². The van der Waals surface area contributed by atoms with E-state index in [9.17, 15) is 13.2 Å². The topological polar surface area (TPSA) is 60.4 Å². The number of sulfone groups is 1. The molecule has 2 rings (SSSR count). The van der Waals surface area contributed by atoms with Crippen molar-refractivity contribution in [1.82, 2.24) is 0 Å². The Morgan fingerprint density at radius 2 is 1.81 bits per heavy atom. The number of ether oxygens (including phenoxy) is 1. The van der Waals surface area contributed by atoms with Crippen molar-refractivity contribution >= 4 is 15.8 Å². The molecule has 2 aromatic carbocycles. The van der Waals surface area contributed by atoms with Crippen LogP contribution in [0.15, 0.2) is 53.4 Å². The molecule has 0 heterocycles. The lowest BCUT2D eigenvalue weighted by atomic mass is 10.1. The van der Waals surface area contributed by atoms with E-state index >= 15 is 0 Å². The van der Waals surface area contributed by atoms with Gasteiger partial charge in [-0.05, 0) is 36.2 Å². The van der Waals surface area contributed by atoms with Crippen LogP contribution in [0, 0.1) is 6.92 Å². The molecule has 0 saturated heterocycles. The van der Waals surface area contributed by atoms with Crippen LogP contribution in [0.4, 0.5) is 0 Å². The summed E-state index contributed by atoms with van der Waals surface area (Å²) in [5.41, 5.74) is 2.19. The normalized spacial score (nSPS) is 11.1. The fraction of sp³-hybridized carbons (Fsp3) is 0.188. The predicted molar refractivity (Wildman–Crippen MR) is 79.9 cm³/mol. The van der Waals surface area contributed by atoms with E-state index in [-0.39, 0.29) is 17.1 Å². The van der Waals surface area contributed by atoms with Crippen molar-refractivity contribution in [3.8, 4) is 0 Å². The molecular weight excluding hydrogens is 288 g/mol. The molecule has 5 heteroatoms. The van der Waals surface area contributed by atoms with E-state index in [0.29, 0.717) is 0 Å². The van der Waals surface area contributed by atoms with Gasteiger partial charge in [-0.3, -0.25) is 0 Å². The number of carbonyl (C=O) groups excluding carboxylic acids is 1. The van der Waals surface area contributed by atoms with E-state index in [1.165, 1.54) is 24.3 Å². The van der Waals surface area contributed by atoms with Crippen LogP contribution in [-0.4, -0.2) is 20.6 Å². The lowest BCUT2D eigenvalue weighted by Crippen LogP contribution is -2.07. The molecule has 0 radical (unpaired) electrons. The third-order valence-electron chi connectivity index (χ3n) is 3.12. The molecule has 0 unspecified atom stereocenters. The molecule has 0 aliphatic rings. The van der Waals surface area contributed by atoms with Crippen molar-refractivity contribution in [1.29, 1.82) is 0 Å². The van der Waals surface area contributed by atoms with Crippen LogP contribution >= 0.6 is 0 Å². The number of esters is 1. The first-order valence-corrected chi connectivity index (χ1v) is 8.29. The fourth-order valence-electron chi connectivity index (χ4n) is 1.85. The quantitative estimate of drug-likeness (QED) is 0.815. The zero-order valence-electron chi connectivity index (χ0n) is 11.9. The second-order valence-electron chi connectivity index (χ2n) is 4.80. The highest BCUT2D eigenvalue weighted by molar-refractivity contribution is 7.90. The van der Waals surface area contributed by atoms with Gasteiger partial charge in [0.15, 0.2) is 9.84 Å². The van der Waals surface area contributed by atoms with Gasteiger partial charge in [-0.25, -0.2) is 13.2 Å². The number of carbonyl (C=O) groups is 1. The average molecular weight is 304 g/mol. The highest BCUT2D eigenvalue weighted by Crippen LogP contribution is 2.14. The zero-order chi connectivity index (χ0) is 15.5. The van der Waals surface area contributed by atoms with Gasteiger partial charge in [-0.15, -0.1) is 0 Å². The molecule has 2 aromatic rings. The maximum absolute atomic E-state index is 12.0. The van der Waals surface area contributed by atoms with Crippen LogP contribution in [-0.2, 0) is 21.2 Å². The molecule has 0 amide bonds. The monoisotopic (exact) mass is 304 g/mol. The molecule has 0 bridgehead atoms. The summed E-state index contributed by atoms with van der Waals surface area (Å²) in [6, 6.07) is 13.5. The lowest BCUT2D eigenvalue weighted by molar-refractivity contribution is 0.0472. The molecule has 0 N–H and O–H groups in total. The van der Waals surface area contributed by atoms with E-state index in [1.807, 2.05) is 31.2 Å². The summed E-state index contributed by atoms with van der Waals surface area (Å²) in [4.78, 5) is 12.1. The Balaban J connectivity index is 2.13. The smallest absolute Gasteiger partial charge is 0.338 e. The van der Waals surface area contributed by atoms with Crippen LogP contribution in [0.25, 0.3) is 0 Å². The predicted octanol–water partition coefficient (Wildman–Crippen LogP) is 2.76. The van der Waals surface area contributed by atoms with E-state index in [1.54, 1.807) is 0 Å². The Morgan fingerprint density at radius 1 is 1.10 bits per heavy atom. The van der Waals surface area contributed by atoms with Crippen molar-refractivity contribution < 1.29 is 17.9 Å². The molecule has 4 nitrogen and oxygen atoms in total. The molecule has 0 aliphatic heterocycles. The Bertz CT molecular complexity index is 763. The number of aryl methyl sites for hydroxylation is 1. The minimum absolute atomic E-state index is 0.104. The molecule has 0 atom stereocenters. The Kier molecular flexibility index (Phi) is 4.43. The summed E-state index contributed by atoms with van der Waals surface area (Å²) in [7, 11) is -3.34. The maximum atomic E-state index is 12.0. The van der Waals surface area contributed by atoms with Crippen LogP contribution in [0.1, 0.15) is 21.5 Å². The molecule has 0 aliphatic carbocycles. The highest BCUT2D eigenvalue weighted by Gasteiger charge is 2.13. The van der Waals surface area contributed by atoms with Crippen molar-refractivity contribution in [3.63, 3.8) is 0 Å². The first-order valence-electron chi connectivity index (χ1n) is 6.39. The summed E-state index contributed by atoms with van der Waals surface area (Å²) in [5.74, 6) is -0.538. The second-order valence-corrected chi connectivity index (χ2v) is 6.82. The lowest BCUT2D eigenvalue weighted by Gasteiger charge is -2.08. The largest absolute Gasteiger partial charge is 0.457 e. The van der Waals surface area contributed by atoms with Gasteiger partial charge in [0, 0.05) is 6.26 Å². The minimum Gasteiger partial charge on any atom is -0.457 e. The Hall–Kier alpha value is -2.14. The first-order chi connectivity index (χ1) is 9.88. The summed E-state index contributed by atoms with van der Waals surface area (Å²) >= 11 is 0. The maximum Gasteiger partial charge on any atom is 0.338 e. The number of hydrogen-bond donors (Lipinski definition) is 0. The van der Waals surface area contributed by atoms with E-state index < -0.39 is 15.8 Å². The highest BCUT2D eigenvalue weighted by atomic mass is 32.2. The van der Waals surface area contributed by atoms with E-state index in [4.69, 9.17) is 4.74 Å². The average Bonchev–Trinajstić information content (AvgIpc) is 2.45. The third kappa shape index (κ3) is 3.92. The standard InChI is InChI=1S/C16H16O4S/c1-12-6-3-4-7-14(12)11-20-16(17)13-8-5-9-15(10-13)21(2,18)19/h3-10H,11H2,1-2H3. The van der Waals surface area contributed by atoms with Crippen LogP contribution in [0.2, 0.25) is 0 Å². The van der Waals surface area contributed by atoms with Crippen molar-refractivity contribution in [3.05, 3.63) is 65.2 Å². The van der Waals surface area contributed by atoms with Gasteiger partial charge in [0.25, 0.3) is 0 Å². The minimum atomic E-state index is -3.34. The summed E-state index contributed by atoms with van der Waals surface area (Å²) < 4.78 is 28.2. The van der Waals surface area contributed by atoms with Crippen LogP contribution in [0.3, 0.4) is 0 Å². The van der Waals surface area contributed by atoms with Crippen LogP contribution in [0.5, 0.6) is 0 Å². The van der Waals surface area contributed by atoms with Gasteiger partial charge in [0.1, 0.15) is 6.61 Å². The van der Waals surface area contributed by atoms with E-state index in [2.05, 4.69) is 0 Å². The number of benzene rings is 2. The van der Waals surface area contributed by atoms with Gasteiger partial charge < -0.3 is 4.74 Å². The summed E-state index contributed by atoms with van der Waals surface area (Å²) in [5, 5.41) is 0. The van der Waals surface area contributed by atoms with Crippen molar-refractivity contribution in [2.45, 2.75) is 18.4 Å². The fourth-order valence-corrected chi connectivity index (χ4v) is 2.52. The van der Waals surface area contributed by atoms with Gasteiger partial charge >= 0.3 is 5.97 Å². The third-order valence-corrected chi connectivity index (χ3v) is 4.23. The molecule has 110 valence electrons. The van der Waals surface area contributed by atoms with Gasteiger partial charge in [0.2, 0.25) is 0 Å². The number of hydrogen-bond acceptors (Lipinski definition) is 4. The van der Waals surface area contributed by atoms with E-state index in [0.717, 1.165) is 17.4 Å². The first kappa shape index (κ1) is 15.3. The summed E-state index contributed by atoms with van der Waals surface area (Å²) in [6.07, 6.45) is 1.10. The molecule has 0 fully saturated rings. The number of rotatable bonds is 4. The SMILES string of the molecule is Cc1ccccc1COC(=O)c1cccc(S(C)(=O)=O)c1. The molecule has 21 heavy (non-hydrogen) atoms. The van der Waals surface area contributed by atoms with Crippen molar-refractivity contribution in [2.24, 2.45) is 0 Å². The second kappa shape index (κ2) is 6.10. The van der Waals surface area contributed by atoms with Crippen molar-refractivity contribution in [2.75, 3.05) is 6.26 Å². The summed E-state index contributed by atoms with van der Waals surface area (Å²) in [6.45, 7) is 2.10. The molecule has 0 aromatic heterocycles. The molecular formula is C16H16O4S. The Morgan fingerprint density at radius 3 is 2.48 bits per heavy atom. The van der Waals surface area contributed by atoms with Gasteiger partial charge in [-0.2, -0.15) is 0 Å². The van der Waals surface area contributed by atoms with Crippen LogP contribution < -0.4 is 0 Å². The van der Waals surface area contributed by atoms with Gasteiger partial charge in [-0.1, -0.05) is 30.3 Å². The molecule has 0 saturated carbocycles. The molecule has 0 spiro atoms. The zero-order valence-corrected chi connectivity index (χ0v) is 12.7.